The number of phosphoric ester groups is 1. The first-order valence-corrected chi connectivity index (χ1v) is 7.90. The van der Waals surface area contributed by atoms with Gasteiger partial charge in [-0.3, -0.25) is 14.2 Å². The van der Waals surface area contributed by atoms with E-state index < -0.39 is 13.7 Å². The molecule has 6 nitrogen and oxygen atoms in total. The number of hydrogen-bond acceptors (Lipinski definition) is 4. The van der Waals surface area contributed by atoms with E-state index in [0.29, 0.717) is 0 Å². The van der Waals surface area contributed by atoms with E-state index in [-0.39, 0.29) is 25.2 Å². The molecule has 2 aromatic carbocycles. The molecule has 0 aromatic heterocycles. The molecule has 0 fully saturated rings. The fourth-order valence-electron chi connectivity index (χ4n) is 1.85. The summed E-state index contributed by atoms with van der Waals surface area (Å²) in [5.74, 6) is -0.213. The summed E-state index contributed by atoms with van der Waals surface area (Å²) in [5, 5.41) is 1.61. The van der Waals surface area contributed by atoms with E-state index in [1.54, 1.807) is 18.2 Å². The second kappa shape index (κ2) is 6.72. The van der Waals surface area contributed by atoms with Crippen molar-refractivity contribution in [2.45, 2.75) is 12.8 Å². The van der Waals surface area contributed by atoms with Crippen LogP contribution in [0.3, 0.4) is 0 Å². The van der Waals surface area contributed by atoms with E-state index in [0.717, 1.165) is 10.8 Å². The van der Waals surface area contributed by atoms with Crippen molar-refractivity contribution in [3.8, 4) is 5.75 Å². The molecule has 2 aromatic rings. The molecule has 0 spiro atoms. The van der Waals surface area contributed by atoms with Crippen LogP contribution in [-0.4, -0.2) is 17.4 Å². The van der Waals surface area contributed by atoms with E-state index in [2.05, 4.69) is 0 Å². The van der Waals surface area contributed by atoms with Gasteiger partial charge in [-0.05, 0) is 17.9 Å². The highest BCUT2D eigenvalue weighted by molar-refractivity contribution is 7.47. The highest BCUT2D eigenvalue weighted by Crippen LogP contribution is 2.45. The third-order valence-electron chi connectivity index (χ3n) is 2.79. The van der Waals surface area contributed by atoms with Crippen LogP contribution in [0.4, 0.5) is 0 Å². The zero-order valence-electron chi connectivity index (χ0n) is 11.3. The highest BCUT2D eigenvalue weighted by Gasteiger charge is 2.23. The van der Waals surface area contributed by atoms with Crippen LogP contribution in [0, 0.1) is 0 Å². The number of phosphoric acid groups is 1. The molecule has 0 bridgehead atoms. The van der Waals surface area contributed by atoms with Gasteiger partial charge >= 0.3 is 7.82 Å². The first-order valence-electron chi connectivity index (χ1n) is 6.41. The Morgan fingerprint density at radius 2 is 1.90 bits per heavy atom. The average molecular weight is 309 g/mol. The van der Waals surface area contributed by atoms with Crippen molar-refractivity contribution in [3.05, 3.63) is 42.5 Å². The summed E-state index contributed by atoms with van der Waals surface area (Å²) in [5.41, 5.74) is 4.97. The molecule has 2 rings (SSSR count). The number of amides is 1. The Hall–Kier alpha value is -1.88. The molecule has 1 unspecified atom stereocenters. The van der Waals surface area contributed by atoms with Crippen LogP contribution in [0.2, 0.25) is 0 Å². The molecule has 21 heavy (non-hydrogen) atoms. The smallest absolute Gasteiger partial charge is 0.403 e. The minimum Gasteiger partial charge on any atom is -0.403 e. The third kappa shape index (κ3) is 4.56. The molecule has 0 heterocycles. The Morgan fingerprint density at radius 3 is 2.67 bits per heavy atom. The molecule has 1 amide bonds. The molecule has 3 N–H and O–H groups in total. The van der Waals surface area contributed by atoms with Crippen LogP contribution < -0.4 is 10.3 Å². The van der Waals surface area contributed by atoms with Crippen molar-refractivity contribution in [1.29, 1.82) is 0 Å². The van der Waals surface area contributed by atoms with E-state index in [1.807, 2.05) is 24.3 Å². The number of benzene rings is 2. The number of hydrogen-bond donors (Lipinski definition) is 2. The SMILES string of the molecule is NC(=O)CCCOP(=O)(O)Oc1cccc2ccccc12. The van der Waals surface area contributed by atoms with Crippen molar-refractivity contribution in [2.24, 2.45) is 5.73 Å². The van der Waals surface area contributed by atoms with Crippen LogP contribution in [0.5, 0.6) is 5.75 Å². The van der Waals surface area contributed by atoms with Crippen molar-refractivity contribution in [2.75, 3.05) is 6.61 Å². The minimum absolute atomic E-state index is 0.0819. The van der Waals surface area contributed by atoms with Gasteiger partial charge in [-0.25, -0.2) is 4.57 Å². The highest BCUT2D eigenvalue weighted by atomic mass is 31.2. The Kier molecular flexibility index (Phi) is 4.96. The predicted molar refractivity (Wildman–Crippen MR) is 78.8 cm³/mol. The van der Waals surface area contributed by atoms with E-state index in [4.69, 9.17) is 14.8 Å². The van der Waals surface area contributed by atoms with Gasteiger partial charge in [-0.1, -0.05) is 36.4 Å². The maximum Gasteiger partial charge on any atom is 0.527 e. The summed E-state index contributed by atoms with van der Waals surface area (Å²) in [7, 11) is -4.23. The van der Waals surface area contributed by atoms with E-state index in [1.165, 1.54) is 0 Å². The van der Waals surface area contributed by atoms with Gasteiger partial charge < -0.3 is 10.3 Å². The largest absolute Gasteiger partial charge is 0.527 e. The molecule has 0 aliphatic carbocycles. The van der Waals surface area contributed by atoms with Crippen LogP contribution in [0.1, 0.15) is 12.8 Å². The second-order valence-electron chi connectivity index (χ2n) is 4.44. The lowest BCUT2D eigenvalue weighted by atomic mass is 10.1. The van der Waals surface area contributed by atoms with Crippen LogP contribution in [-0.2, 0) is 13.9 Å². The molecule has 0 radical (unpaired) electrons. The maximum absolute atomic E-state index is 11.9. The lowest BCUT2D eigenvalue weighted by Crippen LogP contribution is -2.11. The summed E-state index contributed by atoms with van der Waals surface area (Å²) in [6.45, 7) is -0.0819. The number of fused-ring (bicyclic) bond motifs is 1. The average Bonchev–Trinajstić information content (AvgIpc) is 2.44. The first-order chi connectivity index (χ1) is 9.98. The summed E-state index contributed by atoms with van der Waals surface area (Å²) in [6.07, 6.45) is 0.354. The normalized spacial score (nSPS) is 13.8. The molecule has 0 saturated heterocycles. The number of primary amides is 1. The van der Waals surface area contributed by atoms with E-state index >= 15 is 0 Å². The fraction of sp³-hybridized carbons (Fsp3) is 0.214. The van der Waals surface area contributed by atoms with Crippen molar-refractivity contribution >= 4 is 24.5 Å². The standard InChI is InChI=1S/C14H16NO5P/c15-14(16)9-4-10-19-21(17,18)20-13-8-3-6-11-5-1-2-7-12(11)13/h1-3,5-8H,4,9-10H2,(H2,15,16)(H,17,18). The van der Waals surface area contributed by atoms with Crippen molar-refractivity contribution < 1.29 is 23.3 Å². The van der Waals surface area contributed by atoms with Gasteiger partial charge in [0, 0.05) is 11.8 Å². The van der Waals surface area contributed by atoms with Crippen LogP contribution in [0.15, 0.2) is 42.5 Å². The monoisotopic (exact) mass is 309 g/mol. The molecule has 0 aliphatic heterocycles. The van der Waals surface area contributed by atoms with Crippen LogP contribution >= 0.6 is 7.82 Å². The van der Waals surface area contributed by atoms with Gasteiger partial charge in [0.25, 0.3) is 0 Å². The zero-order chi connectivity index (χ0) is 15.3. The topological polar surface area (TPSA) is 98.9 Å². The lowest BCUT2D eigenvalue weighted by molar-refractivity contribution is -0.118. The summed E-state index contributed by atoms with van der Waals surface area (Å²) >= 11 is 0. The number of carbonyl (C=O) groups is 1. The maximum atomic E-state index is 11.9. The number of nitrogens with two attached hydrogens (primary N) is 1. The van der Waals surface area contributed by atoms with Gasteiger partial charge in [0.1, 0.15) is 5.75 Å². The summed E-state index contributed by atoms with van der Waals surface area (Å²) < 4.78 is 21.8. The molecular weight excluding hydrogens is 293 g/mol. The Balaban J connectivity index is 2.04. The van der Waals surface area contributed by atoms with Crippen molar-refractivity contribution in [3.63, 3.8) is 0 Å². The molecule has 7 heteroatoms. The third-order valence-corrected chi connectivity index (χ3v) is 3.72. The fourth-order valence-corrected chi connectivity index (χ4v) is 2.67. The Labute approximate surface area is 122 Å². The Bertz CT molecular complexity index is 683. The quantitative estimate of drug-likeness (QED) is 0.605. The summed E-state index contributed by atoms with van der Waals surface area (Å²) in [4.78, 5) is 20.3. The molecule has 1 atom stereocenters. The number of rotatable bonds is 7. The van der Waals surface area contributed by atoms with Crippen molar-refractivity contribution in [1.82, 2.24) is 0 Å². The summed E-state index contributed by atoms with van der Waals surface area (Å²) in [6, 6.07) is 12.5. The predicted octanol–water partition coefficient (Wildman–Crippen LogP) is 2.60. The van der Waals surface area contributed by atoms with Gasteiger partial charge in [0.2, 0.25) is 5.91 Å². The number of carbonyl (C=O) groups excluding carboxylic acids is 1. The zero-order valence-corrected chi connectivity index (χ0v) is 12.2. The molecule has 112 valence electrons. The minimum atomic E-state index is -4.23. The Morgan fingerprint density at radius 1 is 1.19 bits per heavy atom. The van der Waals surface area contributed by atoms with E-state index in [9.17, 15) is 14.3 Å². The van der Waals surface area contributed by atoms with Crippen LogP contribution in [0.25, 0.3) is 10.8 Å². The molecule has 0 aliphatic rings. The molecular formula is C14H16NO5P. The van der Waals surface area contributed by atoms with Gasteiger partial charge in [-0.2, -0.15) is 0 Å². The molecule has 0 saturated carbocycles. The lowest BCUT2D eigenvalue weighted by Gasteiger charge is -2.14. The van der Waals surface area contributed by atoms with Gasteiger partial charge in [-0.15, -0.1) is 0 Å². The van der Waals surface area contributed by atoms with Gasteiger partial charge in [0.15, 0.2) is 0 Å². The second-order valence-corrected chi connectivity index (χ2v) is 5.82. The van der Waals surface area contributed by atoms with Gasteiger partial charge in [0.05, 0.1) is 6.61 Å². The first kappa shape index (κ1) is 15.5.